The van der Waals surface area contributed by atoms with Crippen molar-refractivity contribution in [1.29, 1.82) is 0 Å². The number of methoxy groups -OCH3 is 1. The molecular weight excluding hydrogens is 268 g/mol. The molecule has 0 saturated heterocycles. The molecule has 0 radical (unpaired) electrons. The Balaban J connectivity index is 2.33. The molecule has 21 heavy (non-hydrogen) atoms. The van der Waals surface area contributed by atoms with Crippen molar-refractivity contribution in [2.45, 2.75) is 64.1 Å². The van der Waals surface area contributed by atoms with Gasteiger partial charge in [0.05, 0.1) is 19.3 Å². The van der Waals surface area contributed by atoms with Crippen LogP contribution in [0.1, 0.15) is 51.0 Å². The Kier molecular flexibility index (Phi) is 8.16. The predicted octanol–water partition coefficient (Wildman–Crippen LogP) is 3.03. The number of aromatic hydroxyl groups is 1. The second-order valence-corrected chi connectivity index (χ2v) is 5.58. The van der Waals surface area contributed by atoms with Gasteiger partial charge in [-0.2, -0.15) is 0 Å². The highest BCUT2D eigenvalue weighted by Crippen LogP contribution is 2.27. The summed E-state index contributed by atoms with van der Waals surface area (Å²) >= 11 is 0. The van der Waals surface area contributed by atoms with E-state index in [1.807, 2.05) is 6.07 Å². The highest BCUT2D eigenvalue weighted by molar-refractivity contribution is 5.41. The highest BCUT2D eigenvalue weighted by atomic mass is 16.5. The number of hydrogen-bond acceptors (Lipinski definition) is 4. The Morgan fingerprint density at radius 3 is 2.48 bits per heavy atom. The maximum absolute atomic E-state index is 9.98. The molecule has 0 spiro atoms. The zero-order chi connectivity index (χ0) is 15.7. The molecule has 1 aromatic carbocycles. The van der Waals surface area contributed by atoms with Crippen LogP contribution in [0.3, 0.4) is 0 Å². The standard InChI is InChI=1S/C17H28O4/c1-3-4-5-6-14(18)12-15(19)9-7-13-8-10-16(20)17(11-13)21-2/h8,10-11,14-15,18-20H,3-7,9,12H2,1-2H3/t14-,15+/m1/s1. The van der Waals surface area contributed by atoms with Gasteiger partial charge in [-0.25, -0.2) is 0 Å². The molecule has 1 aromatic rings. The number of hydrogen-bond donors (Lipinski definition) is 3. The van der Waals surface area contributed by atoms with Crippen molar-refractivity contribution in [1.82, 2.24) is 0 Å². The Morgan fingerprint density at radius 2 is 1.81 bits per heavy atom. The summed E-state index contributed by atoms with van der Waals surface area (Å²) in [5.41, 5.74) is 1.00. The number of unbranched alkanes of at least 4 members (excludes halogenated alkanes) is 2. The minimum absolute atomic E-state index is 0.119. The lowest BCUT2D eigenvalue weighted by molar-refractivity contribution is 0.0698. The van der Waals surface area contributed by atoms with Gasteiger partial charge in [0.1, 0.15) is 0 Å². The van der Waals surface area contributed by atoms with Crippen molar-refractivity contribution in [2.75, 3.05) is 7.11 Å². The van der Waals surface area contributed by atoms with Crippen molar-refractivity contribution in [3.05, 3.63) is 23.8 Å². The molecule has 0 saturated carbocycles. The number of phenolic OH excluding ortho intramolecular Hbond substituents is 1. The Hall–Kier alpha value is -1.26. The number of phenols is 1. The maximum atomic E-state index is 9.98. The second-order valence-electron chi connectivity index (χ2n) is 5.58. The summed E-state index contributed by atoms with van der Waals surface area (Å²) in [6.07, 6.45) is 4.84. The van der Waals surface area contributed by atoms with Crippen molar-refractivity contribution < 1.29 is 20.1 Å². The smallest absolute Gasteiger partial charge is 0.160 e. The van der Waals surface area contributed by atoms with Gasteiger partial charge in [-0.1, -0.05) is 32.3 Å². The predicted molar refractivity (Wildman–Crippen MR) is 83.8 cm³/mol. The summed E-state index contributed by atoms with van der Waals surface area (Å²) in [6, 6.07) is 5.20. The monoisotopic (exact) mass is 296 g/mol. The van der Waals surface area contributed by atoms with Gasteiger partial charge in [-0.3, -0.25) is 0 Å². The molecule has 0 aliphatic rings. The summed E-state index contributed by atoms with van der Waals surface area (Å²) < 4.78 is 5.06. The SMILES string of the molecule is CCCCC[C@@H](O)C[C@@H](O)CCc1ccc(O)c(OC)c1. The van der Waals surface area contributed by atoms with E-state index in [0.29, 0.717) is 25.0 Å². The molecule has 0 heterocycles. The van der Waals surface area contributed by atoms with Crippen LogP contribution in [0.5, 0.6) is 11.5 Å². The Labute approximate surface area is 127 Å². The third-order valence-electron chi connectivity index (χ3n) is 3.70. The first-order valence-electron chi connectivity index (χ1n) is 7.78. The Bertz CT molecular complexity index is 406. The molecule has 120 valence electrons. The van der Waals surface area contributed by atoms with Crippen LogP contribution in [0, 0.1) is 0 Å². The fourth-order valence-electron chi connectivity index (χ4n) is 2.39. The van der Waals surface area contributed by atoms with E-state index in [-0.39, 0.29) is 5.75 Å². The number of aryl methyl sites for hydroxylation is 1. The number of aliphatic hydroxyl groups is 2. The molecule has 0 amide bonds. The zero-order valence-electron chi connectivity index (χ0n) is 13.1. The van der Waals surface area contributed by atoms with Gasteiger partial charge in [0, 0.05) is 0 Å². The summed E-state index contributed by atoms with van der Waals surface area (Å²) in [5, 5.41) is 29.4. The van der Waals surface area contributed by atoms with Crippen LogP contribution in [0.25, 0.3) is 0 Å². The lowest BCUT2D eigenvalue weighted by atomic mass is 10.00. The zero-order valence-corrected chi connectivity index (χ0v) is 13.1. The molecule has 4 nitrogen and oxygen atoms in total. The van der Waals surface area contributed by atoms with E-state index < -0.39 is 12.2 Å². The van der Waals surface area contributed by atoms with Crippen LogP contribution in [0.15, 0.2) is 18.2 Å². The van der Waals surface area contributed by atoms with E-state index in [4.69, 9.17) is 4.74 Å². The second kappa shape index (κ2) is 9.64. The van der Waals surface area contributed by atoms with Crippen LogP contribution >= 0.6 is 0 Å². The average molecular weight is 296 g/mol. The van der Waals surface area contributed by atoms with Gasteiger partial charge in [0.2, 0.25) is 0 Å². The largest absolute Gasteiger partial charge is 0.504 e. The molecule has 0 aromatic heterocycles. The van der Waals surface area contributed by atoms with Crippen LogP contribution in [-0.4, -0.2) is 34.6 Å². The lowest BCUT2D eigenvalue weighted by Gasteiger charge is -2.16. The first kappa shape index (κ1) is 17.8. The molecule has 0 aliphatic heterocycles. The third-order valence-corrected chi connectivity index (χ3v) is 3.70. The highest BCUT2D eigenvalue weighted by Gasteiger charge is 2.12. The molecule has 2 atom stereocenters. The summed E-state index contributed by atoms with van der Waals surface area (Å²) in [7, 11) is 1.51. The van der Waals surface area contributed by atoms with Crippen LogP contribution in [0.2, 0.25) is 0 Å². The van der Waals surface area contributed by atoms with E-state index in [1.165, 1.54) is 7.11 Å². The Morgan fingerprint density at radius 1 is 1.10 bits per heavy atom. The number of benzene rings is 1. The van der Waals surface area contributed by atoms with Crippen molar-refractivity contribution in [3.8, 4) is 11.5 Å². The summed E-state index contributed by atoms with van der Waals surface area (Å²) in [5.74, 6) is 0.565. The number of ether oxygens (including phenoxy) is 1. The van der Waals surface area contributed by atoms with Crippen molar-refractivity contribution in [3.63, 3.8) is 0 Å². The molecule has 3 N–H and O–H groups in total. The van der Waals surface area contributed by atoms with E-state index in [2.05, 4.69) is 6.92 Å². The van der Waals surface area contributed by atoms with Crippen molar-refractivity contribution >= 4 is 0 Å². The first-order valence-corrected chi connectivity index (χ1v) is 7.78. The topological polar surface area (TPSA) is 69.9 Å². The molecule has 4 heteroatoms. The van der Waals surface area contributed by atoms with Gasteiger partial charge >= 0.3 is 0 Å². The summed E-state index contributed by atoms with van der Waals surface area (Å²) in [4.78, 5) is 0. The molecule has 0 bridgehead atoms. The molecule has 0 fully saturated rings. The molecular formula is C17H28O4. The van der Waals surface area contributed by atoms with Gasteiger partial charge in [-0.05, 0) is 43.4 Å². The van der Waals surface area contributed by atoms with Gasteiger partial charge in [-0.15, -0.1) is 0 Å². The quantitative estimate of drug-likeness (QED) is 0.580. The third kappa shape index (κ3) is 6.82. The summed E-state index contributed by atoms with van der Waals surface area (Å²) in [6.45, 7) is 2.13. The van der Waals surface area contributed by atoms with E-state index >= 15 is 0 Å². The van der Waals surface area contributed by atoms with Crippen LogP contribution in [0.4, 0.5) is 0 Å². The fraction of sp³-hybridized carbons (Fsp3) is 0.647. The lowest BCUT2D eigenvalue weighted by Crippen LogP contribution is -2.18. The van der Waals surface area contributed by atoms with Crippen LogP contribution in [-0.2, 0) is 6.42 Å². The molecule has 0 aliphatic carbocycles. The average Bonchev–Trinajstić information content (AvgIpc) is 2.46. The van der Waals surface area contributed by atoms with E-state index in [0.717, 1.165) is 31.2 Å². The maximum Gasteiger partial charge on any atom is 0.160 e. The van der Waals surface area contributed by atoms with Crippen LogP contribution < -0.4 is 4.74 Å². The minimum Gasteiger partial charge on any atom is -0.504 e. The normalized spacial score (nSPS) is 13.9. The molecule has 1 rings (SSSR count). The fourth-order valence-corrected chi connectivity index (χ4v) is 2.39. The first-order chi connectivity index (χ1) is 10.1. The van der Waals surface area contributed by atoms with E-state index in [1.54, 1.807) is 12.1 Å². The van der Waals surface area contributed by atoms with Crippen molar-refractivity contribution in [2.24, 2.45) is 0 Å². The molecule has 0 unspecified atom stereocenters. The minimum atomic E-state index is -0.499. The number of aliphatic hydroxyl groups excluding tert-OH is 2. The number of rotatable bonds is 10. The van der Waals surface area contributed by atoms with Gasteiger partial charge in [0.25, 0.3) is 0 Å². The van der Waals surface area contributed by atoms with Gasteiger partial charge < -0.3 is 20.1 Å². The van der Waals surface area contributed by atoms with Gasteiger partial charge in [0.15, 0.2) is 11.5 Å². The van der Waals surface area contributed by atoms with E-state index in [9.17, 15) is 15.3 Å².